The van der Waals surface area contributed by atoms with Gasteiger partial charge in [0.15, 0.2) is 0 Å². The number of hydrogen-bond acceptors (Lipinski definition) is 3. The molecule has 1 saturated heterocycles. The standard InChI is InChI=1S/C17H24F4N2O.ClH/c1-2-3-4-5-16(23-10-8-22-9-11-23)14-12-13(6-7-15(14)18)24-17(19,20)21;/h6-7,12,16,22H,2-5,8-11H2,1H3;1H/t16-;/m1./s1. The molecule has 0 unspecified atom stereocenters. The van der Waals surface area contributed by atoms with E-state index in [1.807, 2.05) is 0 Å². The largest absolute Gasteiger partial charge is 0.573 e. The van der Waals surface area contributed by atoms with Gasteiger partial charge in [-0.25, -0.2) is 4.39 Å². The zero-order valence-electron chi connectivity index (χ0n) is 14.2. The van der Waals surface area contributed by atoms with E-state index in [9.17, 15) is 17.6 Å². The van der Waals surface area contributed by atoms with Crippen molar-refractivity contribution in [1.29, 1.82) is 0 Å². The van der Waals surface area contributed by atoms with Crippen LogP contribution >= 0.6 is 12.4 Å². The van der Waals surface area contributed by atoms with E-state index < -0.39 is 12.2 Å². The zero-order chi connectivity index (χ0) is 17.6. The Morgan fingerprint density at radius 2 is 1.88 bits per heavy atom. The van der Waals surface area contributed by atoms with Crippen LogP contribution in [0, 0.1) is 5.82 Å². The number of ether oxygens (including phenoxy) is 1. The first-order valence-electron chi connectivity index (χ1n) is 8.40. The third kappa shape index (κ3) is 6.99. The summed E-state index contributed by atoms with van der Waals surface area (Å²) in [6.45, 7) is 5.18. The van der Waals surface area contributed by atoms with Crippen LogP contribution in [-0.2, 0) is 0 Å². The maximum atomic E-state index is 14.3. The van der Waals surface area contributed by atoms with Crippen LogP contribution in [0.15, 0.2) is 18.2 Å². The fourth-order valence-electron chi connectivity index (χ4n) is 3.09. The van der Waals surface area contributed by atoms with Crippen molar-refractivity contribution >= 4 is 12.4 Å². The van der Waals surface area contributed by atoms with Crippen molar-refractivity contribution in [1.82, 2.24) is 10.2 Å². The van der Waals surface area contributed by atoms with Gasteiger partial charge in [-0.1, -0.05) is 26.2 Å². The molecule has 1 fully saturated rings. The van der Waals surface area contributed by atoms with Gasteiger partial charge < -0.3 is 10.1 Å². The van der Waals surface area contributed by atoms with Crippen molar-refractivity contribution < 1.29 is 22.3 Å². The molecule has 0 radical (unpaired) electrons. The molecule has 1 aliphatic rings. The maximum absolute atomic E-state index is 14.3. The van der Waals surface area contributed by atoms with Crippen LogP contribution in [0.5, 0.6) is 5.75 Å². The summed E-state index contributed by atoms with van der Waals surface area (Å²) < 4.78 is 55.6. The van der Waals surface area contributed by atoms with Crippen LogP contribution in [0.4, 0.5) is 17.6 Å². The van der Waals surface area contributed by atoms with Gasteiger partial charge in [0, 0.05) is 37.8 Å². The normalized spacial score (nSPS) is 17.0. The summed E-state index contributed by atoms with van der Waals surface area (Å²) in [5.41, 5.74) is 0.287. The van der Waals surface area contributed by atoms with Crippen LogP contribution in [0.25, 0.3) is 0 Å². The quantitative estimate of drug-likeness (QED) is 0.546. The van der Waals surface area contributed by atoms with Crippen molar-refractivity contribution in [2.75, 3.05) is 26.2 Å². The van der Waals surface area contributed by atoms with E-state index in [1.165, 1.54) is 6.07 Å². The summed E-state index contributed by atoms with van der Waals surface area (Å²) in [7, 11) is 0. The molecule has 0 spiro atoms. The Kier molecular flexibility index (Phi) is 8.96. The number of benzene rings is 1. The SMILES string of the molecule is CCCCC[C@H](c1cc(OC(F)(F)F)ccc1F)N1CCNCC1.Cl. The first-order valence-corrected chi connectivity index (χ1v) is 8.40. The summed E-state index contributed by atoms with van der Waals surface area (Å²) in [5.74, 6) is -0.848. The smallest absolute Gasteiger partial charge is 0.406 e. The Morgan fingerprint density at radius 3 is 2.48 bits per heavy atom. The van der Waals surface area contributed by atoms with E-state index in [-0.39, 0.29) is 29.8 Å². The average Bonchev–Trinajstić information content (AvgIpc) is 2.53. The summed E-state index contributed by atoms with van der Waals surface area (Å²) >= 11 is 0. The van der Waals surface area contributed by atoms with Crippen molar-refractivity contribution in [2.24, 2.45) is 0 Å². The maximum Gasteiger partial charge on any atom is 0.573 e. The first-order chi connectivity index (χ1) is 11.4. The number of nitrogens with one attached hydrogen (secondary N) is 1. The second-order valence-electron chi connectivity index (χ2n) is 6.03. The van der Waals surface area contributed by atoms with Gasteiger partial charge in [0.25, 0.3) is 0 Å². The molecule has 8 heteroatoms. The fraction of sp³-hybridized carbons (Fsp3) is 0.647. The van der Waals surface area contributed by atoms with Crippen molar-refractivity contribution in [2.45, 2.75) is 45.0 Å². The number of hydrogen-bond donors (Lipinski definition) is 1. The van der Waals surface area contributed by atoms with Gasteiger partial charge in [-0.3, -0.25) is 4.90 Å². The minimum atomic E-state index is -4.78. The van der Waals surface area contributed by atoms with E-state index in [0.29, 0.717) is 0 Å². The third-order valence-electron chi connectivity index (χ3n) is 4.23. The van der Waals surface area contributed by atoms with Crippen LogP contribution < -0.4 is 10.1 Å². The Balaban J connectivity index is 0.00000312. The summed E-state index contributed by atoms with van der Waals surface area (Å²) in [6, 6.07) is 3.05. The molecular weight excluding hydrogens is 360 g/mol. The molecule has 0 bridgehead atoms. The molecule has 1 aromatic rings. The predicted molar refractivity (Wildman–Crippen MR) is 91.7 cm³/mol. The highest BCUT2D eigenvalue weighted by atomic mass is 35.5. The average molecular weight is 385 g/mol. The van der Waals surface area contributed by atoms with Gasteiger partial charge in [-0.15, -0.1) is 25.6 Å². The molecule has 1 atom stereocenters. The van der Waals surface area contributed by atoms with Gasteiger partial charge in [0.1, 0.15) is 11.6 Å². The highest BCUT2D eigenvalue weighted by Gasteiger charge is 2.32. The number of nitrogens with zero attached hydrogens (tertiary/aromatic N) is 1. The molecule has 0 amide bonds. The third-order valence-corrected chi connectivity index (χ3v) is 4.23. The minimum Gasteiger partial charge on any atom is -0.406 e. The lowest BCUT2D eigenvalue weighted by Gasteiger charge is -2.35. The topological polar surface area (TPSA) is 24.5 Å². The second-order valence-corrected chi connectivity index (χ2v) is 6.03. The molecule has 0 saturated carbocycles. The lowest BCUT2D eigenvalue weighted by molar-refractivity contribution is -0.274. The van der Waals surface area contributed by atoms with E-state index in [1.54, 1.807) is 0 Å². The van der Waals surface area contributed by atoms with Crippen LogP contribution in [0.2, 0.25) is 0 Å². The van der Waals surface area contributed by atoms with E-state index >= 15 is 0 Å². The number of unbranched alkanes of at least 4 members (excludes halogenated alkanes) is 2. The van der Waals surface area contributed by atoms with Crippen LogP contribution in [-0.4, -0.2) is 37.4 Å². The lowest BCUT2D eigenvalue weighted by Crippen LogP contribution is -2.45. The van der Waals surface area contributed by atoms with Crippen molar-refractivity contribution in [3.05, 3.63) is 29.6 Å². The number of alkyl halides is 3. The molecule has 0 aromatic heterocycles. The number of halogens is 5. The van der Waals surface area contributed by atoms with Gasteiger partial charge in [-0.05, 0) is 24.6 Å². The Morgan fingerprint density at radius 1 is 1.20 bits per heavy atom. The van der Waals surface area contributed by atoms with Crippen molar-refractivity contribution in [3.63, 3.8) is 0 Å². The molecule has 1 heterocycles. The number of rotatable bonds is 7. The lowest BCUT2D eigenvalue weighted by atomic mass is 9.97. The Hall–Kier alpha value is -1.05. The van der Waals surface area contributed by atoms with Gasteiger partial charge >= 0.3 is 6.36 Å². The summed E-state index contributed by atoms with van der Waals surface area (Å²) in [5, 5.41) is 3.24. The molecule has 25 heavy (non-hydrogen) atoms. The summed E-state index contributed by atoms with van der Waals surface area (Å²) in [6.07, 6.45) is -1.09. The molecule has 2 rings (SSSR count). The summed E-state index contributed by atoms with van der Waals surface area (Å²) in [4.78, 5) is 2.14. The monoisotopic (exact) mass is 384 g/mol. The molecule has 1 aromatic carbocycles. The highest BCUT2D eigenvalue weighted by Crippen LogP contribution is 2.33. The van der Waals surface area contributed by atoms with Gasteiger partial charge in [0.2, 0.25) is 0 Å². The Labute approximate surface area is 152 Å². The minimum absolute atomic E-state index is 0. The highest BCUT2D eigenvalue weighted by molar-refractivity contribution is 5.85. The molecule has 1 aliphatic heterocycles. The predicted octanol–water partition coefficient (Wildman–Crippen LogP) is 4.67. The van der Waals surface area contributed by atoms with E-state index in [2.05, 4.69) is 21.9 Å². The first kappa shape index (κ1) is 22.0. The van der Waals surface area contributed by atoms with Gasteiger partial charge in [0.05, 0.1) is 0 Å². The van der Waals surface area contributed by atoms with Crippen LogP contribution in [0.1, 0.15) is 44.2 Å². The zero-order valence-corrected chi connectivity index (χ0v) is 15.1. The Bertz CT molecular complexity index is 522. The number of piperazine rings is 1. The van der Waals surface area contributed by atoms with E-state index in [0.717, 1.165) is 64.0 Å². The molecular formula is C17H25ClF4N2O. The van der Waals surface area contributed by atoms with E-state index in [4.69, 9.17) is 0 Å². The van der Waals surface area contributed by atoms with Gasteiger partial charge in [-0.2, -0.15) is 0 Å². The molecule has 144 valence electrons. The molecule has 3 nitrogen and oxygen atoms in total. The second kappa shape index (κ2) is 10.2. The fourth-order valence-corrected chi connectivity index (χ4v) is 3.09. The molecule has 0 aliphatic carbocycles. The molecule has 1 N–H and O–H groups in total. The van der Waals surface area contributed by atoms with Crippen LogP contribution in [0.3, 0.4) is 0 Å². The van der Waals surface area contributed by atoms with Crippen molar-refractivity contribution in [3.8, 4) is 5.75 Å².